The van der Waals surface area contributed by atoms with E-state index in [0.717, 1.165) is 17.0 Å². The van der Waals surface area contributed by atoms with E-state index in [1.54, 1.807) is 12.1 Å². The molecule has 2 aromatic rings. The topological polar surface area (TPSA) is 55.4 Å². The molecule has 1 N–H and O–H groups in total. The molecule has 2 aromatic carbocycles. The van der Waals surface area contributed by atoms with Crippen molar-refractivity contribution in [3.8, 4) is 0 Å². The van der Waals surface area contributed by atoms with Crippen LogP contribution in [0.4, 0.5) is 14.5 Å². The van der Waals surface area contributed by atoms with Crippen molar-refractivity contribution in [3.05, 3.63) is 59.1 Å². The van der Waals surface area contributed by atoms with Gasteiger partial charge in [0.25, 0.3) is 5.91 Å². The molecule has 0 bridgehead atoms. The smallest absolute Gasteiger partial charge is 0.307 e. The highest BCUT2D eigenvalue weighted by Crippen LogP contribution is 2.21. The number of thioether (sulfide) groups is 1. The fraction of sp³-hybridized carbons (Fsp3) is 0.222. The Kier molecular flexibility index (Phi) is 7.41. The number of hydrogen-bond donors (Lipinski definition) is 1. The second kappa shape index (κ2) is 9.54. The number of carbonyl (C=O) groups is 2. The quantitative estimate of drug-likeness (QED) is 0.543. The molecule has 0 aliphatic heterocycles. The summed E-state index contributed by atoms with van der Waals surface area (Å²) in [7, 11) is 0. The molecule has 0 radical (unpaired) electrons. The molecule has 0 fully saturated rings. The minimum atomic E-state index is -1.10. The first-order chi connectivity index (χ1) is 12.3. The Morgan fingerprint density at radius 1 is 1.19 bits per heavy atom. The highest BCUT2D eigenvalue weighted by atomic mass is 35.5. The number of nitrogens with one attached hydrogen (secondary N) is 1. The van der Waals surface area contributed by atoms with Gasteiger partial charge in [-0.1, -0.05) is 11.6 Å². The van der Waals surface area contributed by atoms with Gasteiger partial charge in [-0.25, -0.2) is 8.78 Å². The lowest BCUT2D eigenvalue weighted by Gasteiger charge is -2.14. The van der Waals surface area contributed by atoms with Crippen LogP contribution in [0.5, 0.6) is 0 Å². The summed E-state index contributed by atoms with van der Waals surface area (Å²) in [6.07, 6.45) is -0.997. The van der Waals surface area contributed by atoms with Crippen molar-refractivity contribution < 1.29 is 23.1 Å². The normalized spacial score (nSPS) is 11.7. The highest BCUT2D eigenvalue weighted by Gasteiger charge is 2.19. The largest absolute Gasteiger partial charge is 0.453 e. The molecule has 138 valence electrons. The van der Waals surface area contributed by atoms with E-state index in [1.165, 1.54) is 18.7 Å². The summed E-state index contributed by atoms with van der Waals surface area (Å²) < 4.78 is 31.4. The number of amides is 1. The summed E-state index contributed by atoms with van der Waals surface area (Å²) >= 11 is 7.25. The molecule has 0 aliphatic rings. The van der Waals surface area contributed by atoms with E-state index in [0.29, 0.717) is 16.8 Å². The van der Waals surface area contributed by atoms with Crippen molar-refractivity contribution in [3.63, 3.8) is 0 Å². The van der Waals surface area contributed by atoms with Crippen LogP contribution in [-0.2, 0) is 14.3 Å². The SMILES string of the molecule is CC(OC(=O)CCSc1ccc(Cl)cc1)C(=O)Nc1ccc(F)cc1F. The van der Waals surface area contributed by atoms with Crippen molar-refractivity contribution in [1.29, 1.82) is 0 Å². The zero-order valence-electron chi connectivity index (χ0n) is 13.8. The molecule has 0 heterocycles. The minimum Gasteiger partial charge on any atom is -0.453 e. The number of benzene rings is 2. The molecular formula is C18H16ClF2NO3S. The van der Waals surface area contributed by atoms with Crippen LogP contribution in [0, 0.1) is 11.6 Å². The van der Waals surface area contributed by atoms with Gasteiger partial charge in [0.15, 0.2) is 6.10 Å². The van der Waals surface area contributed by atoms with E-state index in [9.17, 15) is 18.4 Å². The molecule has 0 spiro atoms. The van der Waals surface area contributed by atoms with Gasteiger partial charge < -0.3 is 10.1 Å². The number of rotatable bonds is 7. The molecule has 1 amide bonds. The third-order valence-corrected chi connectivity index (χ3v) is 4.52. The highest BCUT2D eigenvalue weighted by molar-refractivity contribution is 7.99. The van der Waals surface area contributed by atoms with Gasteiger partial charge in [0.05, 0.1) is 12.1 Å². The van der Waals surface area contributed by atoms with E-state index in [4.69, 9.17) is 16.3 Å². The Balaban J connectivity index is 1.76. The lowest BCUT2D eigenvalue weighted by Crippen LogP contribution is -2.30. The van der Waals surface area contributed by atoms with Gasteiger partial charge in [0, 0.05) is 21.7 Å². The van der Waals surface area contributed by atoms with Gasteiger partial charge in [0.2, 0.25) is 0 Å². The predicted molar refractivity (Wildman–Crippen MR) is 97.3 cm³/mol. The lowest BCUT2D eigenvalue weighted by molar-refractivity contribution is -0.152. The third kappa shape index (κ3) is 6.31. The first-order valence-electron chi connectivity index (χ1n) is 7.69. The average molecular weight is 400 g/mol. The van der Waals surface area contributed by atoms with Crippen LogP contribution in [-0.4, -0.2) is 23.7 Å². The summed E-state index contributed by atoms with van der Waals surface area (Å²) in [4.78, 5) is 24.7. The summed E-state index contributed by atoms with van der Waals surface area (Å²) in [5, 5.41) is 2.88. The first-order valence-corrected chi connectivity index (χ1v) is 9.05. The maximum Gasteiger partial charge on any atom is 0.307 e. The van der Waals surface area contributed by atoms with Crippen molar-refractivity contribution in [2.45, 2.75) is 24.3 Å². The molecule has 1 unspecified atom stereocenters. The zero-order chi connectivity index (χ0) is 19.1. The van der Waals surface area contributed by atoms with Crippen LogP contribution in [0.2, 0.25) is 5.02 Å². The first kappa shape index (κ1) is 20.2. The van der Waals surface area contributed by atoms with Crippen LogP contribution in [0.25, 0.3) is 0 Å². The molecular weight excluding hydrogens is 384 g/mol. The van der Waals surface area contributed by atoms with E-state index >= 15 is 0 Å². The minimum absolute atomic E-state index is 0.107. The Bertz CT molecular complexity index is 787. The van der Waals surface area contributed by atoms with Crippen LogP contribution >= 0.6 is 23.4 Å². The summed E-state index contributed by atoms with van der Waals surface area (Å²) in [5.74, 6) is -2.43. The molecule has 0 aliphatic carbocycles. The van der Waals surface area contributed by atoms with Gasteiger partial charge in [0.1, 0.15) is 11.6 Å². The predicted octanol–water partition coefficient (Wildman–Crippen LogP) is 4.67. The lowest BCUT2D eigenvalue weighted by atomic mass is 10.2. The maximum absolute atomic E-state index is 13.5. The van der Waals surface area contributed by atoms with E-state index < -0.39 is 29.6 Å². The van der Waals surface area contributed by atoms with Crippen molar-refractivity contribution in [2.24, 2.45) is 0 Å². The molecule has 0 saturated carbocycles. The fourth-order valence-electron chi connectivity index (χ4n) is 1.92. The molecule has 26 heavy (non-hydrogen) atoms. The fourth-order valence-corrected chi connectivity index (χ4v) is 2.88. The zero-order valence-corrected chi connectivity index (χ0v) is 15.4. The van der Waals surface area contributed by atoms with Crippen LogP contribution in [0.1, 0.15) is 13.3 Å². The molecule has 0 saturated heterocycles. The maximum atomic E-state index is 13.5. The molecule has 2 rings (SSSR count). The number of hydrogen-bond acceptors (Lipinski definition) is 4. The summed E-state index contributed by atoms with van der Waals surface area (Å²) in [5.41, 5.74) is -0.183. The third-order valence-electron chi connectivity index (χ3n) is 3.26. The molecule has 0 aromatic heterocycles. The second-order valence-corrected chi connectivity index (χ2v) is 6.90. The Morgan fingerprint density at radius 2 is 1.88 bits per heavy atom. The van der Waals surface area contributed by atoms with Gasteiger partial charge >= 0.3 is 5.97 Å². The Hall–Kier alpha value is -2.12. The van der Waals surface area contributed by atoms with Crippen LogP contribution in [0.15, 0.2) is 47.4 Å². The molecule has 1 atom stereocenters. The van der Waals surface area contributed by atoms with Gasteiger partial charge in [-0.15, -0.1) is 11.8 Å². The van der Waals surface area contributed by atoms with E-state index in [-0.39, 0.29) is 12.1 Å². The summed E-state index contributed by atoms with van der Waals surface area (Å²) in [6.45, 7) is 1.38. The number of ether oxygens (including phenoxy) is 1. The van der Waals surface area contributed by atoms with Crippen molar-refractivity contribution in [2.75, 3.05) is 11.1 Å². The second-order valence-electron chi connectivity index (χ2n) is 5.30. The van der Waals surface area contributed by atoms with E-state index in [1.807, 2.05) is 12.1 Å². The Labute approximate surface area is 158 Å². The van der Waals surface area contributed by atoms with E-state index in [2.05, 4.69) is 5.32 Å². The number of halogens is 3. The number of esters is 1. The van der Waals surface area contributed by atoms with Crippen LogP contribution < -0.4 is 5.32 Å². The number of carbonyl (C=O) groups excluding carboxylic acids is 2. The van der Waals surface area contributed by atoms with Crippen molar-refractivity contribution in [1.82, 2.24) is 0 Å². The van der Waals surface area contributed by atoms with Gasteiger partial charge in [-0.05, 0) is 43.3 Å². The van der Waals surface area contributed by atoms with Gasteiger partial charge in [-0.2, -0.15) is 0 Å². The monoisotopic (exact) mass is 399 g/mol. The Morgan fingerprint density at radius 3 is 2.54 bits per heavy atom. The molecule has 8 heteroatoms. The average Bonchev–Trinajstić information content (AvgIpc) is 2.59. The van der Waals surface area contributed by atoms with Crippen LogP contribution in [0.3, 0.4) is 0 Å². The van der Waals surface area contributed by atoms with Crippen molar-refractivity contribution >= 4 is 40.9 Å². The van der Waals surface area contributed by atoms with Gasteiger partial charge in [-0.3, -0.25) is 9.59 Å². The molecule has 4 nitrogen and oxygen atoms in total. The standard InChI is InChI=1S/C18H16ClF2NO3S/c1-11(18(24)22-16-7-4-13(20)10-15(16)21)25-17(23)8-9-26-14-5-2-12(19)3-6-14/h2-7,10-11H,8-9H2,1H3,(H,22,24). The number of anilines is 1. The summed E-state index contributed by atoms with van der Waals surface area (Å²) in [6, 6.07) is 9.95.